The highest BCUT2D eigenvalue weighted by atomic mass is 19.2. The Labute approximate surface area is 115 Å². The van der Waals surface area contributed by atoms with Crippen LogP contribution in [0.1, 0.15) is 31.3 Å². The molecule has 2 rings (SSSR count). The summed E-state index contributed by atoms with van der Waals surface area (Å²) in [6, 6.07) is 3.91. The van der Waals surface area contributed by atoms with E-state index in [2.05, 4.69) is 20.8 Å². The Hall–Kier alpha value is -2.02. The van der Waals surface area contributed by atoms with Crippen molar-refractivity contribution in [2.24, 2.45) is 0 Å². The van der Waals surface area contributed by atoms with Gasteiger partial charge in [0.15, 0.2) is 11.6 Å². The lowest BCUT2D eigenvalue weighted by Crippen LogP contribution is -2.17. The van der Waals surface area contributed by atoms with Crippen molar-refractivity contribution in [1.29, 1.82) is 0 Å². The van der Waals surface area contributed by atoms with Crippen LogP contribution in [-0.2, 0) is 6.54 Å². The summed E-state index contributed by atoms with van der Waals surface area (Å²) in [6.45, 7) is 4.96. The fourth-order valence-electron chi connectivity index (χ4n) is 1.70. The topological polar surface area (TPSA) is 63.0 Å². The van der Waals surface area contributed by atoms with Crippen molar-refractivity contribution in [2.45, 2.75) is 26.4 Å². The van der Waals surface area contributed by atoms with E-state index in [1.54, 1.807) is 0 Å². The SMILES string of the molecule is CCNC(C)c1nnc(NCc2ccc(F)c(F)c2)o1. The minimum absolute atomic E-state index is 0.0358. The molecule has 0 bridgehead atoms. The molecule has 20 heavy (non-hydrogen) atoms. The molecule has 0 saturated carbocycles. The van der Waals surface area contributed by atoms with Gasteiger partial charge in [-0.15, -0.1) is 5.10 Å². The van der Waals surface area contributed by atoms with Gasteiger partial charge in [0, 0.05) is 6.54 Å². The van der Waals surface area contributed by atoms with E-state index in [4.69, 9.17) is 4.42 Å². The first kappa shape index (κ1) is 14.4. The quantitative estimate of drug-likeness (QED) is 0.852. The lowest BCUT2D eigenvalue weighted by molar-refractivity contribution is 0.428. The molecule has 2 aromatic rings. The molecule has 1 heterocycles. The van der Waals surface area contributed by atoms with Crippen LogP contribution in [0.3, 0.4) is 0 Å². The molecule has 0 amide bonds. The van der Waals surface area contributed by atoms with E-state index in [9.17, 15) is 8.78 Å². The summed E-state index contributed by atoms with van der Waals surface area (Å²) < 4.78 is 31.2. The van der Waals surface area contributed by atoms with Crippen molar-refractivity contribution in [3.8, 4) is 0 Å². The van der Waals surface area contributed by atoms with E-state index in [0.717, 1.165) is 18.7 Å². The monoisotopic (exact) mass is 282 g/mol. The van der Waals surface area contributed by atoms with Crippen LogP contribution in [0.15, 0.2) is 22.6 Å². The Morgan fingerprint density at radius 1 is 1.25 bits per heavy atom. The van der Waals surface area contributed by atoms with Gasteiger partial charge in [-0.05, 0) is 31.2 Å². The minimum Gasteiger partial charge on any atom is -0.406 e. The van der Waals surface area contributed by atoms with E-state index in [1.165, 1.54) is 6.07 Å². The van der Waals surface area contributed by atoms with Crippen molar-refractivity contribution < 1.29 is 13.2 Å². The minimum atomic E-state index is -0.878. The molecule has 2 N–H and O–H groups in total. The molecule has 5 nitrogen and oxygen atoms in total. The molecule has 1 aromatic heterocycles. The molecular formula is C13H16F2N4O. The van der Waals surface area contributed by atoms with E-state index < -0.39 is 11.6 Å². The molecule has 0 saturated heterocycles. The third-order valence-corrected chi connectivity index (χ3v) is 2.75. The van der Waals surface area contributed by atoms with Crippen molar-refractivity contribution >= 4 is 6.01 Å². The zero-order valence-corrected chi connectivity index (χ0v) is 11.3. The van der Waals surface area contributed by atoms with E-state index >= 15 is 0 Å². The number of hydrogen-bond acceptors (Lipinski definition) is 5. The molecular weight excluding hydrogens is 266 g/mol. The average molecular weight is 282 g/mol. The molecule has 0 spiro atoms. The van der Waals surface area contributed by atoms with E-state index in [1.807, 2.05) is 13.8 Å². The Balaban J connectivity index is 1.95. The van der Waals surface area contributed by atoms with Gasteiger partial charge in [-0.25, -0.2) is 8.78 Å². The third-order valence-electron chi connectivity index (χ3n) is 2.75. The summed E-state index contributed by atoms with van der Waals surface area (Å²) in [6.07, 6.45) is 0. The summed E-state index contributed by atoms with van der Waals surface area (Å²) in [5.74, 6) is -1.27. The number of aromatic nitrogens is 2. The Kier molecular flexibility index (Phi) is 4.62. The number of halogens is 2. The molecule has 0 aliphatic rings. The smallest absolute Gasteiger partial charge is 0.315 e. The molecule has 0 fully saturated rings. The highest BCUT2D eigenvalue weighted by Gasteiger charge is 2.12. The zero-order chi connectivity index (χ0) is 14.5. The molecule has 0 radical (unpaired) electrons. The van der Waals surface area contributed by atoms with Gasteiger partial charge in [-0.1, -0.05) is 18.1 Å². The van der Waals surface area contributed by atoms with Crippen LogP contribution in [0, 0.1) is 11.6 Å². The van der Waals surface area contributed by atoms with Crippen LogP contribution >= 0.6 is 0 Å². The second-order valence-corrected chi connectivity index (χ2v) is 4.33. The maximum absolute atomic E-state index is 13.0. The number of benzene rings is 1. The summed E-state index contributed by atoms with van der Waals surface area (Å²) in [5, 5.41) is 13.8. The van der Waals surface area contributed by atoms with Gasteiger partial charge in [0.05, 0.1) is 6.04 Å². The maximum atomic E-state index is 13.0. The van der Waals surface area contributed by atoms with Gasteiger partial charge >= 0.3 is 6.01 Å². The normalized spacial score (nSPS) is 12.4. The zero-order valence-electron chi connectivity index (χ0n) is 11.3. The fourth-order valence-corrected chi connectivity index (χ4v) is 1.70. The molecule has 108 valence electrons. The number of nitrogens with one attached hydrogen (secondary N) is 2. The molecule has 0 aliphatic heterocycles. The van der Waals surface area contributed by atoms with Crippen LogP contribution in [0.4, 0.5) is 14.8 Å². The number of hydrogen-bond donors (Lipinski definition) is 2. The van der Waals surface area contributed by atoms with Gasteiger partial charge in [0.1, 0.15) is 0 Å². The number of nitrogens with zero attached hydrogens (tertiary/aromatic N) is 2. The van der Waals surface area contributed by atoms with Crippen molar-refractivity contribution in [3.63, 3.8) is 0 Å². The van der Waals surface area contributed by atoms with Crippen LogP contribution < -0.4 is 10.6 Å². The van der Waals surface area contributed by atoms with Crippen LogP contribution in [0.25, 0.3) is 0 Å². The summed E-state index contributed by atoms with van der Waals surface area (Å²) in [5.41, 5.74) is 0.586. The third kappa shape index (κ3) is 3.51. The molecule has 1 unspecified atom stereocenters. The van der Waals surface area contributed by atoms with Crippen molar-refractivity contribution in [3.05, 3.63) is 41.3 Å². The predicted molar refractivity (Wildman–Crippen MR) is 70.1 cm³/mol. The lowest BCUT2D eigenvalue weighted by Gasteiger charge is -2.06. The second-order valence-electron chi connectivity index (χ2n) is 4.33. The maximum Gasteiger partial charge on any atom is 0.315 e. The predicted octanol–water partition coefficient (Wildman–Crippen LogP) is 2.63. The first-order valence-corrected chi connectivity index (χ1v) is 6.34. The summed E-state index contributed by atoms with van der Waals surface area (Å²) >= 11 is 0. The van der Waals surface area contributed by atoms with Gasteiger partial charge < -0.3 is 15.1 Å². The van der Waals surface area contributed by atoms with Crippen LogP contribution in [-0.4, -0.2) is 16.7 Å². The lowest BCUT2D eigenvalue weighted by atomic mass is 10.2. The molecule has 1 aromatic carbocycles. The van der Waals surface area contributed by atoms with Gasteiger partial charge in [-0.3, -0.25) is 0 Å². The Morgan fingerprint density at radius 3 is 2.75 bits per heavy atom. The summed E-state index contributed by atoms with van der Waals surface area (Å²) in [7, 11) is 0. The Morgan fingerprint density at radius 2 is 2.05 bits per heavy atom. The second kappa shape index (κ2) is 6.42. The number of anilines is 1. The highest BCUT2D eigenvalue weighted by molar-refractivity contribution is 5.24. The van der Waals surface area contributed by atoms with Crippen molar-refractivity contribution in [2.75, 3.05) is 11.9 Å². The van der Waals surface area contributed by atoms with Crippen LogP contribution in [0.2, 0.25) is 0 Å². The fraction of sp³-hybridized carbons (Fsp3) is 0.385. The molecule has 1 atom stereocenters. The van der Waals surface area contributed by atoms with E-state index in [-0.39, 0.29) is 18.6 Å². The van der Waals surface area contributed by atoms with E-state index in [0.29, 0.717) is 11.5 Å². The largest absolute Gasteiger partial charge is 0.406 e. The molecule has 7 heteroatoms. The van der Waals surface area contributed by atoms with Crippen molar-refractivity contribution in [1.82, 2.24) is 15.5 Å². The highest BCUT2D eigenvalue weighted by Crippen LogP contribution is 2.15. The standard InChI is InChI=1S/C13H16F2N4O/c1-3-16-8(2)12-18-19-13(20-12)17-7-9-4-5-10(14)11(15)6-9/h4-6,8,16H,3,7H2,1-2H3,(H,17,19). The first-order chi connectivity index (χ1) is 9.60. The van der Waals surface area contributed by atoms with Crippen LogP contribution in [0.5, 0.6) is 0 Å². The molecule has 0 aliphatic carbocycles. The van der Waals surface area contributed by atoms with Gasteiger partial charge in [0.25, 0.3) is 0 Å². The summed E-state index contributed by atoms with van der Waals surface area (Å²) in [4.78, 5) is 0. The van der Waals surface area contributed by atoms with Gasteiger partial charge in [0.2, 0.25) is 5.89 Å². The number of rotatable bonds is 6. The average Bonchev–Trinajstić information content (AvgIpc) is 2.89. The van der Waals surface area contributed by atoms with Gasteiger partial charge in [-0.2, -0.15) is 0 Å². The first-order valence-electron chi connectivity index (χ1n) is 6.34. The Bertz CT molecular complexity index is 573.